The fraction of sp³-hybridized carbons (Fsp3) is 0.929. The number of aliphatic hydroxyl groups excluding tert-OH is 13. The zero-order valence-electron chi connectivity index (χ0n) is 40.1. The molecule has 6 aliphatic rings. The van der Waals surface area contributed by atoms with Gasteiger partial charge < -0.3 is 133 Å². The Balaban J connectivity index is 1.37. The molecule has 1 amide bonds. The molecular weight excluding hydrogens is 982 g/mol. The van der Waals surface area contributed by atoms with E-state index in [2.05, 4.69) is 5.32 Å². The molecule has 72 heavy (non-hydrogen) atoms. The summed E-state index contributed by atoms with van der Waals surface area (Å²) >= 11 is 0. The molecule has 6 saturated heterocycles. The highest BCUT2D eigenvalue weighted by Gasteiger charge is 2.58. The second kappa shape index (κ2) is 24.6. The number of amides is 1. The minimum Gasteiger partial charge on any atom is -0.463 e. The molecule has 0 aliphatic carbocycles. The Morgan fingerprint density at radius 2 is 0.903 bits per heavy atom. The molecule has 6 fully saturated rings. The third kappa shape index (κ3) is 12.8. The smallest absolute Gasteiger partial charge is 0.303 e. The molecular formula is C42H69NO29. The summed E-state index contributed by atoms with van der Waals surface area (Å²) in [5.41, 5.74) is 0. The largest absolute Gasteiger partial charge is 0.463 e. The van der Waals surface area contributed by atoms with Gasteiger partial charge >= 0.3 is 11.9 Å². The average molecular weight is 1050 g/mol. The van der Waals surface area contributed by atoms with E-state index >= 15 is 0 Å². The van der Waals surface area contributed by atoms with Gasteiger partial charge in [0, 0.05) is 20.8 Å². The Labute approximate surface area is 411 Å². The summed E-state index contributed by atoms with van der Waals surface area (Å²) in [5, 5.41) is 145. The molecule has 0 aromatic heterocycles. The lowest BCUT2D eigenvalue weighted by molar-refractivity contribution is -0.404. The van der Waals surface area contributed by atoms with Gasteiger partial charge in [0.2, 0.25) is 5.91 Å². The van der Waals surface area contributed by atoms with Crippen molar-refractivity contribution in [3.8, 4) is 0 Å². The van der Waals surface area contributed by atoms with E-state index in [1.807, 2.05) is 0 Å². The number of hydrogen-bond acceptors (Lipinski definition) is 29. The van der Waals surface area contributed by atoms with Crippen LogP contribution in [0, 0.1) is 0 Å². The first-order chi connectivity index (χ1) is 33.7. The molecule has 30 atom stereocenters. The quantitative estimate of drug-likeness (QED) is 0.0677. The van der Waals surface area contributed by atoms with Crippen LogP contribution in [0.15, 0.2) is 0 Å². The average Bonchev–Trinajstić information content (AvgIpc) is 3.31. The molecule has 0 spiro atoms. The molecule has 0 saturated carbocycles. The van der Waals surface area contributed by atoms with E-state index in [1.165, 1.54) is 27.7 Å². The molecule has 14 N–H and O–H groups in total. The van der Waals surface area contributed by atoms with Crippen molar-refractivity contribution in [2.24, 2.45) is 0 Å². The van der Waals surface area contributed by atoms with Gasteiger partial charge in [-0.1, -0.05) is 0 Å². The Bertz CT molecular complexity index is 1790. The fourth-order valence-corrected chi connectivity index (χ4v) is 9.18. The maximum Gasteiger partial charge on any atom is 0.303 e. The van der Waals surface area contributed by atoms with Crippen molar-refractivity contribution in [1.29, 1.82) is 0 Å². The second-order valence-corrected chi connectivity index (χ2v) is 18.6. The maximum absolute atomic E-state index is 12.9. The van der Waals surface area contributed by atoms with Crippen LogP contribution in [-0.2, 0) is 76.0 Å². The van der Waals surface area contributed by atoms with Crippen LogP contribution in [0.5, 0.6) is 0 Å². The number of aliphatic hydroxyl groups is 13. The van der Waals surface area contributed by atoms with Crippen molar-refractivity contribution >= 4 is 17.8 Å². The number of rotatable bonds is 15. The van der Waals surface area contributed by atoms with E-state index in [-0.39, 0.29) is 0 Å². The van der Waals surface area contributed by atoms with Crippen LogP contribution >= 0.6 is 0 Å². The van der Waals surface area contributed by atoms with Crippen molar-refractivity contribution in [2.75, 3.05) is 13.2 Å². The van der Waals surface area contributed by atoms with Crippen LogP contribution in [-0.4, -0.2) is 282 Å². The van der Waals surface area contributed by atoms with Crippen LogP contribution in [0.3, 0.4) is 0 Å². The van der Waals surface area contributed by atoms with E-state index in [0.717, 1.165) is 20.8 Å². The van der Waals surface area contributed by atoms with E-state index in [1.54, 1.807) is 0 Å². The number of carbonyl (C=O) groups is 3. The predicted octanol–water partition coefficient (Wildman–Crippen LogP) is -8.70. The summed E-state index contributed by atoms with van der Waals surface area (Å²) in [5.74, 6) is -2.56. The van der Waals surface area contributed by atoms with Gasteiger partial charge in [-0.25, -0.2) is 0 Å². The minimum atomic E-state index is -2.22. The molecule has 6 heterocycles. The fourth-order valence-electron chi connectivity index (χ4n) is 9.18. The molecule has 6 rings (SSSR count). The zero-order chi connectivity index (χ0) is 53.4. The second-order valence-electron chi connectivity index (χ2n) is 18.6. The van der Waals surface area contributed by atoms with E-state index in [4.69, 9.17) is 61.6 Å². The summed E-state index contributed by atoms with van der Waals surface area (Å²) in [6, 6.07) is -1.71. The first-order valence-corrected chi connectivity index (χ1v) is 23.3. The highest BCUT2D eigenvalue weighted by molar-refractivity contribution is 5.73. The van der Waals surface area contributed by atoms with Crippen LogP contribution in [0.2, 0.25) is 0 Å². The number of nitrogens with one attached hydrogen (secondary N) is 1. The summed E-state index contributed by atoms with van der Waals surface area (Å²) in [6.45, 7) is 6.85. The summed E-state index contributed by atoms with van der Waals surface area (Å²) in [6.07, 6.45) is -51.1. The first kappa shape index (κ1) is 58.7. The van der Waals surface area contributed by atoms with Gasteiger partial charge in [0.1, 0.15) is 116 Å². The molecule has 0 bridgehead atoms. The molecule has 416 valence electrons. The predicted molar refractivity (Wildman–Crippen MR) is 224 cm³/mol. The summed E-state index contributed by atoms with van der Waals surface area (Å²) in [4.78, 5) is 37.1. The number of carbonyl (C=O) groups excluding carboxylic acids is 3. The highest BCUT2D eigenvalue weighted by Crippen LogP contribution is 2.38. The number of esters is 2. The summed E-state index contributed by atoms with van der Waals surface area (Å²) < 4.78 is 75.7. The van der Waals surface area contributed by atoms with Crippen molar-refractivity contribution in [3.05, 3.63) is 0 Å². The third-order valence-corrected chi connectivity index (χ3v) is 13.2. The summed E-state index contributed by atoms with van der Waals surface area (Å²) in [7, 11) is 0. The Hall–Kier alpha value is -2.55. The molecule has 6 aliphatic heterocycles. The molecule has 0 radical (unpaired) electrons. The van der Waals surface area contributed by atoms with Gasteiger partial charge in [-0.15, -0.1) is 0 Å². The van der Waals surface area contributed by atoms with Gasteiger partial charge in [-0.05, 0) is 27.7 Å². The van der Waals surface area contributed by atoms with Crippen LogP contribution in [0.1, 0.15) is 48.5 Å². The lowest BCUT2D eigenvalue weighted by atomic mass is 9.94. The van der Waals surface area contributed by atoms with Crippen LogP contribution < -0.4 is 5.32 Å². The molecule has 0 aromatic carbocycles. The lowest BCUT2D eigenvalue weighted by Gasteiger charge is -2.51. The van der Waals surface area contributed by atoms with Gasteiger partial charge in [0.15, 0.2) is 49.9 Å². The third-order valence-electron chi connectivity index (χ3n) is 13.2. The van der Waals surface area contributed by atoms with E-state index in [0.29, 0.717) is 0 Å². The van der Waals surface area contributed by atoms with Crippen molar-refractivity contribution in [2.45, 2.75) is 233 Å². The maximum atomic E-state index is 12.9. The van der Waals surface area contributed by atoms with Crippen LogP contribution in [0.25, 0.3) is 0 Å². The Morgan fingerprint density at radius 1 is 0.417 bits per heavy atom. The van der Waals surface area contributed by atoms with E-state index in [9.17, 15) is 80.8 Å². The number of hydrogen-bond donors (Lipinski definition) is 14. The normalized spacial score (nSPS) is 50.2. The number of ether oxygens (including phenoxy) is 13. The molecule has 17 unspecified atom stereocenters. The van der Waals surface area contributed by atoms with E-state index < -0.39 is 215 Å². The minimum absolute atomic E-state index is 0.716. The van der Waals surface area contributed by atoms with Gasteiger partial charge in [0.05, 0.1) is 31.0 Å². The molecule has 30 heteroatoms. The zero-order valence-corrected chi connectivity index (χ0v) is 40.1. The lowest BCUT2D eigenvalue weighted by Crippen LogP contribution is -2.70. The van der Waals surface area contributed by atoms with Gasteiger partial charge in [0.25, 0.3) is 0 Å². The van der Waals surface area contributed by atoms with Crippen molar-refractivity contribution in [1.82, 2.24) is 5.32 Å². The van der Waals surface area contributed by atoms with Crippen molar-refractivity contribution < 1.29 is 142 Å². The molecule has 0 aromatic rings. The highest BCUT2D eigenvalue weighted by atomic mass is 16.8. The topological polar surface area (TPSA) is 446 Å². The Morgan fingerprint density at radius 3 is 1.50 bits per heavy atom. The molecule has 30 nitrogen and oxygen atoms in total. The SMILES string of the molecule is CC(=O)NC1[C@H](OC2C(OC(C)=O)[C@@H](O)C(C)O[C@H]2O)OC(COC(C)=O)[C@@H](O)[C@@H]1O[C@@H]1OC(C)[C@H](O[C@H]2OC(CO)[C@@H](O)C(O)C2O)C(O[C@@H]2OC(C)[C@H](O)C(O)C2O[C@@H]2OC(C)[C@H](O)C(O)C2O)C1O. The van der Waals surface area contributed by atoms with Gasteiger partial charge in [-0.3, -0.25) is 14.4 Å². The Kier molecular flexibility index (Phi) is 20.1. The van der Waals surface area contributed by atoms with Crippen molar-refractivity contribution in [3.63, 3.8) is 0 Å². The standard InChI is InChI=1S/C42H69NO29/c1-10-20(48)25(53)28(56)39(62-10)71-35-27(55)21(49)11(2)63-42(35)70-34-30(58)41(64-13(4)31(34)68-40-29(57)26(54)23(51)17(8-44)66-40)69-32-19(43-14(5)45)38(67-18(24(32)52)9-60-15(6)46)72-36-33(65-16(7)47)22(50)12(3)61-37(36)59/h10-13,17-42,44,48-59H,8-9H2,1-7H3,(H,43,45)/t10?,11?,12?,13?,17?,18?,19?,20-,21-,22-,23+,24+,25?,26?,27?,28?,29?,30?,31-,32+,33?,34?,35?,36?,37+,38-,39-,40+,41-,42-/m0/s1. The van der Waals surface area contributed by atoms with Crippen LogP contribution in [0.4, 0.5) is 0 Å². The first-order valence-electron chi connectivity index (χ1n) is 23.3. The monoisotopic (exact) mass is 1050 g/mol. The van der Waals surface area contributed by atoms with Gasteiger partial charge in [-0.2, -0.15) is 0 Å².